The topological polar surface area (TPSA) is 83.5 Å². The van der Waals surface area contributed by atoms with Crippen molar-refractivity contribution in [1.29, 1.82) is 0 Å². The summed E-state index contributed by atoms with van der Waals surface area (Å²) < 4.78 is 28.8. The number of fused-ring (bicyclic) bond motifs is 6. The molecule has 0 saturated heterocycles. The maximum atomic E-state index is 13.6. The summed E-state index contributed by atoms with van der Waals surface area (Å²) in [5.74, 6) is 1.34. The Balaban J connectivity index is 0.000000226. The normalized spacial score (nSPS) is 22.4. The number of rotatable bonds is 2. The van der Waals surface area contributed by atoms with Crippen molar-refractivity contribution >= 4 is 11.9 Å². The third-order valence-electron chi connectivity index (χ3n) is 8.73. The molecule has 0 bridgehead atoms. The lowest BCUT2D eigenvalue weighted by Gasteiger charge is -2.39. The van der Waals surface area contributed by atoms with Crippen LogP contribution in [0.1, 0.15) is 94.6 Å². The van der Waals surface area contributed by atoms with Gasteiger partial charge in [0, 0.05) is 17.7 Å². The van der Waals surface area contributed by atoms with Crippen LogP contribution >= 0.6 is 0 Å². The van der Waals surface area contributed by atoms with Gasteiger partial charge in [0.1, 0.15) is 46.9 Å². The lowest BCUT2D eigenvalue weighted by molar-refractivity contribution is 0.0547. The molecular formula is C38H46O7. The minimum Gasteiger partial charge on any atom is -0.507 e. The third-order valence-corrected chi connectivity index (χ3v) is 8.73. The molecule has 4 aliphatic rings. The Morgan fingerprint density at radius 1 is 0.933 bits per heavy atom. The van der Waals surface area contributed by atoms with Crippen molar-refractivity contribution in [3.8, 4) is 34.5 Å². The van der Waals surface area contributed by atoms with Crippen molar-refractivity contribution in [2.24, 2.45) is 5.41 Å². The number of carbonyl (C=O) groups excluding carboxylic acids is 1. The van der Waals surface area contributed by atoms with Gasteiger partial charge < -0.3 is 28.8 Å². The van der Waals surface area contributed by atoms with E-state index in [1.807, 2.05) is 26.0 Å². The number of hydrogen-bond donors (Lipinski definition) is 1. The molecular weight excluding hydrogens is 568 g/mol. The molecule has 45 heavy (non-hydrogen) atoms. The second-order valence-corrected chi connectivity index (χ2v) is 13.5. The number of Topliss-reactive ketones (excluding diaryl/α,β-unsaturated/α-hetero) is 1. The highest BCUT2D eigenvalue weighted by Gasteiger charge is 2.46. The number of phenolic OH excluding ortho intramolecular Hbond substituents is 1. The molecule has 0 spiro atoms. The van der Waals surface area contributed by atoms with Gasteiger partial charge >= 0.3 is 0 Å². The van der Waals surface area contributed by atoms with Gasteiger partial charge in [-0.25, -0.2) is 0 Å². The Kier molecular flexibility index (Phi) is 9.11. The van der Waals surface area contributed by atoms with Crippen LogP contribution in [0.25, 0.3) is 6.08 Å². The van der Waals surface area contributed by atoms with Crippen molar-refractivity contribution in [2.45, 2.75) is 84.8 Å². The van der Waals surface area contributed by atoms with E-state index < -0.39 is 17.6 Å². The molecule has 1 aliphatic carbocycles. The van der Waals surface area contributed by atoms with E-state index >= 15 is 0 Å². The second kappa shape index (κ2) is 12.7. The lowest BCUT2D eigenvalue weighted by atomic mass is 9.80. The molecule has 0 saturated carbocycles. The van der Waals surface area contributed by atoms with Crippen LogP contribution < -0.4 is 23.7 Å². The van der Waals surface area contributed by atoms with Gasteiger partial charge in [-0.15, -0.1) is 0 Å². The smallest absolute Gasteiger partial charge is 0.181 e. The molecule has 1 N–H and O–H groups in total. The molecule has 2 aromatic carbocycles. The van der Waals surface area contributed by atoms with Crippen molar-refractivity contribution < 1.29 is 33.6 Å². The van der Waals surface area contributed by atoms with Crippen LogP contribution in [0.2, 0.25) is 0 Å². The molecule has 0 aromatic heterocycles. The molecule has 0 fully saturated rings. The fraction of sp³-hybridized carbons (Fsp3) is 0.447. The minimum atomic E-state index is -0.630. The van der Waals surface area contributed by atoms with Crippen molar-refractivity contribution in [1.82, 2.24) is 0 Å². The zero-order valence-corrected chi connectivity index (χ0v) is 27.8. The summed E-state index contributed by atoms with van der Waals surface area (Å²) >= 11 is 0. The first-order valence-corrected chi connectivity index (χ1v) is 15.7. The van der Waals surface area contributed by atoms with E-state index in [2.05, 4.69) is 52.0 Å². The van der Waals surface area contributed by atoms with Gasteiger partial charge in [-0.3, -0.25) is 4.79 Å². The molecule has 2 aromatic rings. The van der Waals surface area contributed by atoms with Gasteiger partial charge in [0.25, 0.3) is 0 Å². The molecule has 7 nitrogen and oxygen atoms in total. The van der Waals surface area contributed by atoms with Crippen LogP contribution in [-0.4, -0.2) is 43.4 Å². The fourth-order valence-electron chi connectivity index (χ4n) is 6.07. The van der Waals surface area contributed by atoms with E-state index in [-0.39, 0.29) is 23.7 Å². The summed E-state index contributed by atoms with van der Waals surface area (Å²) in [7, 11) is 3.07. The lowest BCUT2D eigenvalue weighted by Crippen LogP contribution is -2.43. The summed E-state index contributed by atoms with van der Waals surface area (Å²) in [6, 6.07) is 4.92. The van der Waals surface area contributed by atoms with E-state index in [1.165, 1.54) is 37.2 Å². The predicted octanol–water partition coefficient (Wildman–Crippen LogP) is 8.75. The van der Waals surface area contributed by atoms with E-state index in [0.29, 0.717) is 45.3 Å². The number of phenols is 1. The molecule has 2 atom stereocenters. The van der Waals surface area contributed by atoms with Gasteiger partial charge in [-0.2, -0.15) is 0 Å². The van der Waals surface area contributed by atoms with Gasteiger partial charge in [-0.1, -0.05) is 49.3 Å². The average molecular weight is 615 g/mol. The van der Waals surface area contributed by atoms with Crippen LogP contribution in [0.5, 0.6) is 34.5 Å². The standard InChI is InChI=1S/C23H22O7.C15H24/c1-23(2)6-5-11-15(30-23)8-13(24)20-21(25)19-12-7-16(26-3)17(27-4)9-14(12)28-10-18(19)29-22(11)20;1-13-7-5-8-14(2)10-12-15(3,4)11-6-9-13/h5-9,18-19,24H,10H2,1-4H3;6-7,10-11H,5,8-9,12H2,1-4H3. The minimum absolute atomic E-state index is 0.158. The van der Waals surface area contributed by atoms with Crippen molar-refractivity contribution in [2.75, 3.05) is 20.8 Å². The summed E-state index contributed by atoms with van der Waals surface area (Å²) in [4.78, 5) is 13.6. The molecule has 0 amide bonds. The largest absolute Gasteiger partial charge is 0.507 e. The first-order chi connectivity index (χ1) is 21.3. The Morgan fingerprint density at radius 3 is 2.40 bits per heavy atom. The summed E-state index contributed by atoms with van der Waals surface area (Å²) in [6.45, 7) is 13.1. The average Bonchev–Trinajstić information content (AvgIpc) is 3.00. The molecule has 6 rings (SSSR count). The number of allylic oxidation sites excluding steroid dienone is 6. The molecule has 0 radical (unpaired) electrons. The Hall–Kier alpha value is -4.13. The summed E-state index contributed by atoms with van der Waals surface area (Å²) in [6.07, 6.45) is 17.4. The highest BCUT2D eigenvalue weighted by Crippen LogP contribution is 2.52. The number of carbonyl (C=O) groups is 1. The zero-order chi connectivity index (χ0) is 32.5. The molecule has 2 unspecified atom stereocenters. The Morgan fingerprint density at radius 2 is 1.67 bits per heavy atom. The molecule has 3 heterocycles. The van der Waals surface area contributed by atoms with Gasteiger partial charge in [-0.05, 0) is 77.0 Å². The summed E-state index contributed by atoms with van der Waals surface area (Å²) in [5.41, 5.74) is 4.27. The number of ether oxygens (including phenoxy) is 5. The number of ketones is 1. The number of benzene rings is 2. The fourth-order valence-corrected chi connectivity index (χ4v) is 6.07. The van der Waals surface area contributed by atoms with Crippen LogP contribution in [0.3, 0.4) is 0 Å². The van der Waals surface area contributed by atoms with E-state index in [4.69, 9.17) is 23.7 Å². The Labute approximate surface area is 267 Å². The van der Waals surface area contributed by atoms with Gasteiger partial charge in [0.2, 0.25) is 0 Å². The number of methoxy groups -OCH3 is 2. The quantitative estimate of drug-likeness (QED) is 0.339. The monoisotopic (exact) mass is 614 g/mol. The van der Waals surface area contributed by atoms with Crippen LogP contribution in [0.4, 0.5) is 0 Å². The first kappa shape index (κ1) is 32.3. The molecule has 240 valence electrons. The highest BCUT2D eigenvalue weighted by atomic mass is 16.5. The zero-order valence-electron chi connectivity index (χ0n) is 27.8. The van der Waals surface area contributed by atoms with Gasteiger partial charge in [0.05, 0.1) is 25.7 Å². The number of hydrogen-bond acceptors (Lipinski definition) is 7. The second-order valence-electron chi connectivity index (χ2n) is 13.5. The van der Waals surface area contributed by atoms with Crippen molar-refractivity contribution in [3.63, 3.8) is 0 Å². The van der Waals surface area contributed by atoms with E-state index in [1.54, 1.807) is 19.2 Å². The first-order valence-electron chi connectivity index (χ1n) is 15.7. The SMILES string of the molecule is CC1=CCCC(C)=CCC(C)(C)C=CC1.COc1cc2c(cc1OC)C1C(=O)c3c(O)cc4c(c3OC1CO2)C=CC(C)(C)O4. The van der Waals surface area contributed by atoms with Gasteiger partial charge in [0.15, 0.2) is 17.3 Å². The Bertz CT molecular complexity index is 1590. The predicted molar refractivity (Wildman–Crippen MR) is 177 cm³/mol. The number of aromatic hydroxyl groups is 1. The summed E-state index contributed by atoms with van der Waals surface area (Å²) in [5, 5.41) is 10.7. The van der Waals surface area contributed by atoms with E-state index in [0.717, 1.165) is 12.8 Å². The maximum absolute atomic E-state index is 13.6. The van der Waals surface area contributed by atoms with Crippen LogP contribution in [-0.2, 0) is 0 Å². The van der Waals surface area contributed by atoms with Crippen LogP contribution in [0, 0.1) is 5.41 Å². The molecule has 7 heteroatoms. The van der Waals surface area contributed by atoms with E-state index in [9.17, 15) is 9.90 Å². The third kappa shape index (κ3) is 6.92. The van der Waals surface area contributed by atoms with Crippen molar-refractivity contribution in [3.05, 3.63) is 76.4 Å². The molecule has 3 aliphatic heterocycles. The maximum Gasteiger partial charge on any atom is 0.181 e. The van der Waals surface area contributed by atoms with Crippen LogP contribution in [0.15, 0.2) is 59.7 Å². The highest BCUT2D eigenvalue weighted by molar-refractivity contribution is 6.08.